The van der Waals surface area contributed by atoms with E-state index in [2.05, 4.69) is 4.90 Å². The Morgan fingerprint density at radius 1 is 0.892 bits per heavy atom. The maximum absolute atomic E-state index is 14.7. The van der Waals surface area contributed by atoms with E-state index >= 15 is 0 Å². The van der Waals surface area contributed by atoms with Crippen LogP contribution < -0.4 is 4.74 Å². The molecule has 190 valence electrons. The SMILES string of the molecule is COc1cc(-c2ccc(F)cc2F)cc(C(CC(=O)O)N(Cc2ccccc2)[C@H](C)c2ccccc2)c1. The number of carboxylic acids is 1. The summed E-state index contributed by atoms with van der Waals surface area (Å²) in [4.78, 5) is 14.3. The number of hydrogen-bond donors (Lipinski definition) is 1. The molecule has 0 heterocycles. The van der Waals surface area contributed by atoms with E-state index in [4.69, 9.17) is 4.74 Å². The quantitative estimate of drug-likeness (QED) is 0.246. The van der Waals surface area contributed by atoms with Gasteiger partial charge in [-0.25, -0.2) is 8.78 Å². The molecule has 1 N–H and O–H groups in total. The molecule has 4 rings (SSSR count). The van der Waals surface area contributed by atoms with Crippen molar-refractivity contribution in [1.82, 2.24) is 4.90 Å². The van der Waals surface area contributed by atoms with Crippen LogP contribution in [0, 0.1) is 11.6 Å². The van der Waals surface area contributed by atoms with Crippen LogP contribution in [0.3, 0.4) is 0 Å². The first-order valence-electron chi connectivity index (χ1n) is 12.1. The van der Waals surface area contributed by atoms with Crippen molar-refractivity contribution in [3.8, 4) is 16.9 Å². The Hall–Kier alpha value is -4.03. The van der Waals surface area contributed by atoms with Crippen LogP contribution in [0.15, 0.2) is 97.1 Å². The zero-order valence-electron chi connectivity index (χ0n) is 20.8. The number of carboxylic acid groups (broad SMARTS) is 1. The molecule has 4 aromatic rings. The Bertz CT molecular complexity index is 1350. The van der Waals surface area contributed by atoms with Crippen molar-refractivity contribution in [2.75, 3.05) is 7.11 Å². The van der Waals surface area contributed by atoms with Crippen molar-refractivity contribution in [1.29, 1.82) is 0 Å². The summed E-state index contributed by atoms with van der Waals surface area (Å²) in [5.74, 6) is -1.87. The number of hydrogen-bond acceptors (Lipinski definition) is 3. The molecule has 0 saturated heterocycles. The van der Waals surface area contributed by atoms with Gasteiger partial charge in [-0.3, -0.25) is 9.69 Å². The summed E-state index contributed by atoms with van der Waals surface area (Å²) < 4.78 is 33.8. The minimum absolute atomic E-state index is 0.136. The largest absolute Gasteiger partial charge is 0.497 e. The Balaban J connectivity index is 1.86. The van der Waals surface area contributed by atoms with E-state index in [0.717, 1.165) is 17.2 Å². The maximum Gasteiger partial charge on any atom is 0.305 e. The topological polar surface area (TPSA) is 49.8 Å². The van der Waals surface area contributed by atoms with Gasteiger partial charge in [0.25, 0.3) is 0 Å². The fraction of sp³-hybridized carbons (Fsp3) is 0.194. The predicted molar refractivity (Wildman–Crippen MR) is 140 cm³/mol. The van der Waals surface area contributed by atoms with Crippen molar-refractivity contribution >= 4 is 5.97 Å². The number of aliphatic carboxylic acids is 1. The van der Waals surface area contributed by atoms with Gasteiger partial charge in [-0.2, -0.15) is 0 Å². The highest BCUT2D eigenvalue weighted by atomic mass is 19.1. The van der Waals surface area contributed by atoms with E-state index in [0.29, 0.717) is 23.4 Å². The van der Waals surface area contributed by atoms with Crippen LogP contribution in [-0.4, -0.2) is 23.1 Å². The Morgan fingerprint density at radius 2 is 1.57 bits per heavy atom. The molecule has 1 unspecified atom stereocenters. The van der Waals surface area contributed by atoms with E-state index in [1.54, 1.807) is 18.2 Å². The van der Waals surface area contributed by atoms with Gasteiger partial charge in [0.05, 0.1) is 13.5 Å². The van der Waals surface area contributed by atoms with Gasteiger partial charge in [-0.15, -0.1) is 0 Å². The number of nitrogens with zero attached hydrogens (tertiary/aromatic N) is 1. The lowest BCUT2D eigenvalue weighted by atomic mass is 9.93. The fourth-order valence-corrected chi connectivity index (χ4v) is 4.64. The van der Waals surface area contributed by atoms with Crippen LogP contribution in [0.2, 0.25) is 0 Å². The van der Waals surface area contributed by atoms with Crippen molar-refractivity contribution in [3.63, 3.8) is 0 Å². The molecule has 6 heteroatoms. The lowest BCUT2D eigenvalue weighted by molar-refractivity contribution is -0.138. The number of benzene rings is 4. The number of rotatable bonds is 10. The maximum atomic E-state index is 14.7. The molecule has 0 aliphatic rings. The molecule has 4 aromatic carbocycles. The van der Waals surface area contributed by atoms with Crippen molar-refractivity contribution in [2.24, 2.45) is 0 Å². The third-order valence-electron chi connectivity index (χ3n) is 6.55. The van der Waals surface area contributed by atoms with E-state index in [1.807, 2.05) is 67.6 Å². The van der Waals surface area contributed by atoms with Gasteiger partial charge in [0.15, 0.2) is 0 Å². The summed E-state index contributed by atoms with van der Waals surface area (Å²) >= 11 is 0. The van der Waals surface area contributed by atoms with Crippen LogP contribution in [-0.2, 0) is 11.3 Å². The minimum Gasteiger partial charge on any atom is -0.497 e. The van der Waals surface area contributed by atoms with Crippen molar-refractivity contribution < 1.29 is 23.4 Å². The molecule has 0 amide bonds. The third-order valence-corrected chi connectivity index (χ3v) is 6.55. The highest BCUT2D eigenvalue weighted by Crippen LogP contribution is 2.38. The summed E-state index contributed by atoms with van der Waals surface area (Å²) in [5.41, 5.74) is 3.43. The summed E-state index contributed by atoms with van der Waals surface area (Å²) in [7, 11) is 1.50. The number of halogens is 2. The lowest BCUT2D eigenvalue weighted by Gasteiger charge is -2.37. The molecule has 2 atom stereocenters. The summed E-state index contributed by atoms with van der Waals surface area (Å²) in [6, 6.07) is 27.7. The monoisotopic (exact) mass is 501 g/mol. The number of ether oxygens (including phenoxy) is 1. The van der Waals surface area contributed by atoms with Crippen LogP contribution in [0.25, 0.3) is 11.1 Å². The van der Waals surface area contributed by atoms with Crippen LogP contribution in [0.5, 0.6) is 5.75 Å². The first-order chi connectivity index (χ1) is 17.9. The molecular formula is C31H29F2NO3. The zero-order valence-corrected chi connectivity index (χ0v) is 20.8. The predicted octanol–water partition coefficient (Wildman–Crippen LogP) is 7.42. The van der Waals surface area contributed by atoms with Gasteiger partial charge in [0.1, 0.15) is 17.4 Å². The second-order valence-corrected chi connectivity index (χ2v) is 8.98. The van der Waals surface area contributed by atoms with Gasteiger partial charge in [-0.05, 0) is 59.5 Å². The van der Waals surface area contributed by atoms with Gasteiger partial charge >= 0.3 is 5.97 Å². The van der Waals surface area contributed by atoms with Gasteiger partial charge in [-0.1, -0.05) is 60.7 Å². The molecule has 0 aliphatic heterocycles. The standard InChI is InChI=1S/C31H29F2NO3/c1-21(23-11-7-4-8-12-23)34(20-22-9-5-3-6-10-22)30(19-31(35)36)25-15-24(16-27(17-25)37-2)28-14-13-26(32)18-29(28)33/h3-18,21,30H,19-20H2,1-2H3,(H,35,36)/t21-,30?/m1/s1. The second kappa shape index (κ2) is 11.8. The molecule has 0 bridgehead atoms. The number of methoxy groups -OCH3 is 1. The Kier molecular flexibility index (Phi) is 8.31. The second-order valence-electron chi connectivity index (χ2n) is 8.98. The number of carbonyl (C=O) groups is 1. The Morgan fingerprint density at radius 3 is 2.19 bits per heavy atom. The lowest BCUT2D eigenvalue weighted by Crippen LogP contribution is -2.32. The van der Waals surface area contributed by atoms with E-state index in [1.165, 1.54) is 19.2 Å². The summed E-state index contributed by atoms with van der Waals surface area (Å²) in [6.07, 6.45) is -0.178. The zero-order chi connectivity index (χ0) is 26.4. The van der Waals surface area contributed by atoms with E-state index < -0.39 is 23.6 Å². The van der Waals surface area contributed by atoms with Gasteiger partial charge < -0.3 is 9.84 Å². The highest BCUT2D eigenvalue weighted by molar-refractivity contribution is 5.70. The molecule has 0 aromatic heterocycles. The van der Waals surface area contributed by atoms with E-state index in [-0.39, 0.29) is 18.0 Å². The van der Waals surface area contributed by atoms with E-state index in [9.17, 15) is 18.7 Å². The molecule has 0 aliphatic carbocycles. The first-order valence-corrected chi connectivity index (χ1v) is 12.1. The van der Waals surface area contributed by atoms with Crippen LogP contribution >= 0.6 is 0 Å². The van der Waals surface area contributed by atoms with Gasteiger partial charge in [0, 0.05) is 30.3 Å². The average Bonchev–Trinajstić information content (AvgIpc) is 2.91. The van der Waals surface area contributed by atoms with Gasteiger partial charge in [0.2, 0.25) is 0 Å². The molecule has 0 fully saturated rings. The summed E-state index contributed by atoms with van der Waals surface area (Å²) in [5, 5.41) is 9.94. The first kappa shape index (κ1) is 26.0. The molecular weight excluding hydrogens is 472 g/mol. The normalized spacial score (nSPS) is 12.8. The molecule has 4 nitrogen and oxygen atoms in total. The van der Waals surface area contributed by atoms with Crippen molar-refractivity contribution in [3.05, 3.63) is 125 Å². The smallest absolute Gasteiger partial charge is 0.305 e. The molecule has 0 spiro atoms. The third kappa shape index (κ3) is 6.40. The van der Waals surface area contributed by atoms with Crippen LogP contribution in [0.4, 0.5) is 8.78 Å². The average molecular weight is 502 g/mol. The Labute approximate surface area is 215 Å². The molecule has 37 heavy (non-hydrogen) atoms. The fourth-order valence-electron chi connectivity index (χ4n) is 4.64. The van der Waals surface area contributed by atoms with Crippen molar-refractivity contribution in [2.45, 2.75) is 32.0 Å². The summed E-state index contributed by atoms with van der Waals surface area (Å²) in [6.45, 7) is 2.54. The minimum atomic E-state index is -0.958. The molecule has 0 radical (unpaired) electrons. The highest BCUT2D eigenvalue weighted by Gasteiger charge is 2.29. The van der Waals surface area contributed by atoms with Crippen LogP contribution in [0.1, 0.15) is 42.1 Å². The molecule has 0 saturated carbocycles.